The Morgan fingerprint density at radius 1 is 1.04 bits per heavy atom. The van der Waals surface area contributed by atoms with Gasteiger partial charge in [-0.1, -0.05) is 24.0 Å². The first-order valence-corrected chi connectivity index (χ1v) is 8.70. The number of nitrogens with one attached hydrogen (secondary N) is 1. The molecule has 0 spiro atoms. The molecule has 0 atom stereocenters. The van der Waals surface area contributed by atoms with Crippen LogP contribution in [0.15, 0.2) is 48.5 Å². The first-order valence-electron chi connectivity index (χ1n) is 8.70. The molecule has 2 amide bonds. The number of nitrogens with zero attached hydrogens (tertiary/aromatic N) is 1. The van der Waals surface area contributed by atoms with Crippen molar-refractivity contribution < 1.29 is 14.3 Å². The molecule has 0 aliphatic rings. The quantitative estimate of drug-likeness (QED) is 0.801. The zero-order chi connectivity index (χ0) is 19.6. The summed E-state index contributed by atoms with van der Waals surface area (Å²) in [7, 11) is 5.06. The Bertz CT molecular complexity index is 829. The van der Waals surface area contributed by atoms with E-state index in [1.54, 1.807) is 45.5 Å². The highest BCUT2D eigenvalue weighted by molar-refractivity contribution is 5.93. The molecular formula is C22H24N2O3. The van der Waals surface area contributed by atoms with E-state index in [4.69, 9.17) is 4.74 Å². The zero-order valence-corrected chi connectivity index (χ0v) is 15.9. The van der Waals surface area contributed by atoms with Crippen molar-refractivity contribution in [3.05, 3.63) is 65.2 Å². The SMILES string of the molecule is COc1ccc(CCC(=O)NCC#Cc2ccc(C(=O)N(C)C)cc2)cc1. The molecule has 1 N–H and O–H groups in total. The normalized spacial score (nSPS) is 9.74. The van der Waals surface area contributed by atoms with E-state index < -0.39 is 0 Å². The molecule has 0 heterocycles. The third-order valence-electron chi connectivity index (χ3n) is 3.94. The van der Waals surface area contributed by atoms with Gasteiger partial charge in [0.1, 0.15) is 5.75 Å². The van der Waals surface area contributed by atoms with Crippen LogP contribution < -0.4 is 10.1 Å². The molecule has 5 heteroatoms. The summed E-state index contributed by atoms with van der Waals surface area (Å²) in [6, 6.07) is 14.8. The van der Waals surface area contributed by atoms with Crippen molar-refractivity contribution in [3.8, 4) is 17.6 Å². The molecule has 0 aliphatic carbocycles. The third kappa shape index (κ3) is 6.52. The molecule has 140 valence electrons. The molecule has 0 saturated heterocycles. The number of hydrogen-bond acceptors (Lipinski definition) is 3. The van der Waals surface area contributed by atoms with Crippen molar-refractivity contribution in [2.24, 2.45) is 0 Å². The first kappa shape index (κ1) is 20.1. The lowest BCUT2D eigenvalue weighted by Crippen LogP contribution is -2.23. The highest BCUT2D eigenvalue weighted by Crippen LogP contribution is 2.12. The van der Waals surface area contributed by atoms with E-state index in [9.17, 15) is 9.59 Å². The molecule has 2 aromatic carbocycles. The number of aryl methyl sites for hydroxylation is 1. The highest BCUT2D eigenvalue weighted by Gasteiger charge is 2.06. The molecule has 0 fully saturated rings. The minimum Gasteiger partial charge on any atom is -0.497 e. The minimum atomic E-state index is -0.0429. The third-order valence-corrected chi connectivity index (χ3v) is 3.94. The molecular weight excluding hydrogens is 340 g/mol. The van der Waals surface area contributed by atoms with Crippen LogP contribution >= 0.6 is 0 Å². The van der Waals surface area contributed by atoms with Crippen LogP contribution in [0.1, 0.15) is 27.9 Å². The van der Waals surface area contributed by atoms with E-state index in [0.29, 0.717) is 24.9 Å². The van der Waals surface area contributed by atoms with Gasteiger partial charge in [0.25, 0.3) is 5.91 Å². The predicted molar refractivity (Wildman–Crippen MR) is 106 cm³/mol. The lowest BCUT2D eigenvalue weighted by Gasteiger charge is -2.09. The number of methoxy groups -OCH3 is 1. The number of amides is 2. The number of benzene rings is 2. The predicted octanol–water partition coefficient (Wildman–Crippen LogP) is 2.50. The monoisotopic (exact) mass is 364 g/mol. The van der Waals surface area contributed by atoms with Gasteiger partial charge in [-0.05, 0) is 48.4 Å². The Hall–Kier alpha value is -3.26. The van der Waals surface area contributed by atoms with Crippen LogP contribution in [-0.4, -0.2) is 44.5 Å². The topological polar surface area (TPSA) is 58.6 Å². The number of carbonyl (C=O) groups excluding carboxylic acids is 2. The highest BCUT2D eigenvalue weighted by atomic mass is 16.5. The van der Waals surface area contributed by atoms with Gasteiger partial charge in [0, 0.05) is 31.6 Å². The van der Waals surface area contributed by atoms with Crippen molar-refractivity contribution >= 4 is 11.8 Å². The zero-order valence-electron chi connectivity index (χ0n) is 15.9. The average Bonchev–Trinajstić information content (AvgIpc) is 2.70. The van der Waals surface area contributed by atoms with Crippen LogP contribution in [0.4, 0.5) is 0 Å². The molecule has 0 aliphatic heterocycles. The Morgan fingerprint density at radius 3 is 2.30 bits per heavy atom. The number of ether oxygens (including phenoxy) is 1. The average molecular weight is 364 g/mol. The molecule has 0 unspecified atom stereocenters. The fraction of sp³-hybridized carbons (Fsp3) is 0.273. The second-order valence-electron chi connectivity index (χ2n) is 6.20. The molecule has 2 aromatic rings. The van der Waals surface area contributed by atoms with E-state index in [2.05, 4.69) is 17.2 Å². The van der Waals surface area contributed by atoms with E-state index in [1.165, 1.54) is 4.90 Å². The Morgan fingerprint density at radius 2 is 1.70 bits per heavy atom. The molecule has 5 nitrogen and oxygen atoms in total. The van der Waals surface area contributed by atoms with Crippen LogP contribution in [-0.2, 0) is 11.2 Å². The number of hydrogen-bond donors (Lipinski definition) is 1. The van der Waals surface area contributed by atoms with Gasteiger partial charge in [-0.15, -0.1) is 0 Å². The molecule has 27 heavy (non-hydrogen) atoms. The Kier molecular flexibility index (Phi) is 7.45. The van der Waals surface area contributed by atoms with Crippen LogP contribution in [0.2, 0.25) is 0 Å². The molecule has 0 aromatic heterocycles. The minimum absolute atomic E-state index is 0.0351. The molecule has 2 rings (SSSR count). The summed E-state index contributed by atoms with van der Waals surface area (Å²) >= 11 is 0. The smallest absolute Gasteiger partial charge is 0.253 e. The van der Waals surface area contributed by atoms with Gasteiger partial charge in [-0.2, -0.15) is 0 Å². The van der Waals surface area contributed by atoms with Crippen LogP contribution in [0, 0.1) is 11.8 Å². The fourth-order valence-electron chi connectivity index (χ4n) is 2.38. The Labute approximate surface area is 160 Å². The van der Waals surface area contributed by atoms with Crippen LogP contribution in [0.5, 0.6) is 5.75 Å². The molecule has 0 bridgehead atoms. The number of rotatable bonds is 6. The Balaban J connectivity index is 1.75. The van der Waals surface area contributed by atoms with Crippen molar-refractivity contribution in [1.29, 1.82) is 0 Å². The molecule has 0 saturated carbocycles. The van der Waals surface area contributed by atoms with Crippen LogP contribution in [0.25, 0.3) is 0 Å². The van der Waals surface area contributed by atoms with E-state index >= 15 is 0 Å². The molecule has 0 radical (unpaired) electrons. The maximum Gasteiger partial charge on any atom is 0.253 e. The fourth-order valence-corrected chi connectivity index (χ4v) is 2.38. The summed E-state index contributed by atoms with van der Waals surface area (Å²) in [6.07, 6.45) is 1.08. The maximum atomic E-state index is 11.9. The first-order chi connectivity index (χ1) is 13.0. The maximum absolute atomic E-state index is 11.9. The van der Waals surface area contributed by atoms with Crippen molar-refractivity contribution in [1.82, 2.24) is 10.2 Å². The van der Waals surface area contributed by atoms with E-state index in [1.807, 2.05) is 24.3 Å². The van der Waals surface area contributed by atoms with Gasteiger partial charge >= 0.3 is 0 Å². The van der Waals surface area contributed by atoms with E-state index in [-0.39, 0.29) is 11.8 Å². The van der Waals surface area contributed by atoms with E-state index in [0.717, 1.165) is 16.9 Å². The van der Waals surface area contributed by atoms with Crippen LogP contribution in [0.3, 0.4) is 0 Å². The number of carbonyl (C=O) groups is 2. The van der Waals surface area contributed by atoms with Gasteiger partial charge in [-0.3, -0.25) is 9.59 Å². The van der Waals surface area contributed by atoms with Crippen molar-refractivity contribution in [2.75, 3.05) is 27.7 Å². The lowest BCUT2D eigenvalue weighted by atomic mass is 10.1. The summed E-state index contributed by atoms with van der Waals surface area (Å²) in [5.41, 5.74) is 2.51. The second-order valence-corrected chi connectivity index (χ2v) is 6.20. The van der Waals surface area contributed by atoms with Gasteiger partial charge < -0.3 is 15.0 Å². The summed E-state index contributed by atoms with van der Waals surface area (Å²) < 4.78 is 5.11. The van der Waals surface area contributed by atoms with Crippen molar-refractivity contribution in [3.63, 3.8) is 0 Å². The largest absolute Gasteiger partial charge is 0.497 e. The summed E-state index contributed by atoms with van der Waals surface area (Å²) in [5, 5.41) is 2.79. The van der Waals surface area contributed by atoms with Crippen molar-refractivity contribution in [2.45, 2.75) is 12.8 Å². The van der Waals surface area contributed by atoms with Gasteiger partial charge in [0.2, 0.25) is 5.91 Å². The van der Waals surface area contributed by atoms with Gasteiger partial charge in [0.05, 0.1) is 13.7 Å². The summed E-state index contributed by atoms with van der Waals surface area (Å²) in [4.78, 5) is 25.2. The standard InChI is InChI=1S/C22H24N2O3/c1-24(2)22(26)19-11-6-17(7-12-19)5-4-16-23-21(25)15-10-18-8-13-20(27-3)14-9-18/h6-9,11-14H,10,15-16H2,1-3H3,(H,23,25). The van der Waals surface area contributed by atoms with Gasteiger partial charge in [0.15, 0.2) is 0 Å². The lowest BCUT2D eigenvalue weighted by molar-refractivity contribution is -0.120. The summed E-state index contributed by atoms with van der Waals surface area (Å²) in [6.45, 7) is 0.291. The summed E-state index contributed by atoms with van der Waals surface area (Å²) in [5.74, 6) is 6.63. The second kappa shape index (κ2) is 10.0. The van der Waals surface area contributed by atoms with Gasteiger partial charge in [-0.25, -0.2) is 0 Å².